The molecule has 2 aromatic rings. The minimum atomic E-state index is -0.231. The lowest BCUT2D eigenvalue weighted by atomic mass is 9.90. The minimum Gasteiger partial charge on any atom is -0.493 e. The summed E-state index contributed by atoms with van der Waals surface area (Å²) in [6, 6.07) is 10.6. The molecule has 0 atom stereocenters. The Hall–Kier alpha value is -3.16. The van der Waals surface area contributed by atoms with Gasteiger partial charge in [-0.1, -0.05) is 25.3 Å². The van der Waals surface area contributed by atoms with Crippen molar-refractivity contribution in [3.8, 4) is 5.75 Å². The molecule has 4 rings (SSSR count). The maximum absolute atomic E-state index is 13.0. The molecule has 8 nitrogen and oxygen atoms in total. The smallest absolute Gasteiger partial charge is 0.323 e. The molecular weight excluding hydrogens is 394 g/mol. The molecule has 31 heavy (non-hydrogen) atoms. The molecule has 1 N–H and O–H groups in total. The van der Waals surface area contributed by atoms with Crippen LogP contribution in [0, 0.1) is 5.92 Å². The number of benzene rings is 1. The summed E-state index contributed by atoms with van der Waals surface area (Å²) in [7, 11) is 0. The monoisotopic (exact) mass is 423 g/mol. The van der Waals surface area contributed by atoms with Crippen LogP contribution in [0.3, 0.4) is 0 Å². The highest BCUT2D eigenvalue weighted by Gasteiger charge is 2.25. The Morgan fingerprint density at radius 1 is 1.00 bits per heavy atom. The molecule has 2 heterocycles. The quantitative estimate of drug-likeness (QED) is 0.796. The molecule has 1 saturated carbocycles. The van der Waals surface area contributed by atoms with Gasteiger partial charge in [-0.3, -0.25) is 10.1 Å². The van der Waals surface area contributed by atoms with Gasteiger partial charge >= 0.3 is 6.03 Å². The lowest BCUT2D eigenvalue weighted by Gasteiger charge is -2.34. The predicted molar refractivity (Wildman–Crippen MR) is 117 cm³/mol. The van der Waals surface area contributed by atoms with Crippen molar-refractivity contribution >= 4 is 17.8 Å². The first-order valence-electron chi connectivity index (χ1n) is 11.0. The standard InChI is InChI=1S/C23H29N5O3/c29-22(19-8-4-9-20(16-19)31-17-18-6-2-1-3-7-18)27-12-14-28(15-13-27)23(30)25-21-10-5-11-24-26-21/h4-5,8-11,16,18H,1-3,6-7,12-15,17H2,(H,25,26,30). The molecule has 1 aliphatic heterocycles. The number of aromatic nitrogens is 2. The fourth-order valence-corrected chi connectivity index (χ4v) is 4.14. The third kappa shape index (κ3) is 5.71. The van der Waals surface area contributed by atoms with E-state index in [4.69, 9.17) is 4.74 Å². The highest BCUT2D eigenvalue weighted by Crippen LogP contribution is 2.25. The van der Waals surface area contributed by atoms with Gasteiger partial charge < -0.3 is 14.5 Å². The number of piperazine rings is 1. The molecule has 164 valence electrons. The molecule has 1 aromatic heterocycles. The third-order valence-corrected chi connectivity index (χ3v) is 5.95. The SMILES string of the molecule is O=C(Nc1cccnn1)N1CCN(C(=O)c2cccc(OCC3CCCCC3)c2)CC1. The second-order valence-electron chi connectivity index (χ2n) is 8.16. The van der Waals surface area contributed by atoms with Crippen molar-refractivity contribution < 1.29 is 14.3 Å². The summed E-state index contributed by atoms with van der Waals surface area (Å²) in [5.41, 5.74) is 0.624. The highest BCUT2D eigenvalue weighted by molar-refractivity contribution is 5.95. The molecule has 1 saturated heterocycles. The second-order valence-corrected chi connectivity index (χ2v) is 8.16. The van der Waals surface area contributed by atoms with Gasteiger partial charge in [0.05, 0.1) is 6.61 Å². The summed E-state index contributed by atoms with van der Waals surface area (Å²) >= 11 is 0. The van der Waals surface area contributed by atoms with Crippen LogP contribution in [-0.4, -0.2) is 64.7 Å². The van der Waals surface area contributed by atoms with Crippen molar-refractivity contribution in [3.05, 3.63) is 48.2 Å². The van der Waals surface area contributed by atoms with Crippen LogP contribution in [-0.2, 0) is 0 Å². The van der Waals surface area contributed by atoms with Crippen molar-refractivity contribution in [2.24, 2.45) is 5.92 Å². The fraction of sp³-hybridized carbons (Fsp3) is 0.478. The number of hydrogen-bond acceptors (Lipinski definition) is 5. The number of ether oxygens (including phenoxy) is 1. The first-order chi connectivity index (χ1) is 15.2. The minimum absolute atomic E-state index is 0.0305. The van der Waals surface area contributed by atoms with Gasteiger partial charge in [-0.05, 0) is 49.1 Å². The van der Waals surface area contributed by atoms with Gasteiger partial charge in [0.15, 0.2) is 5.82 Å². The van der Waals surface area contributed by atoms with Crippen LogP contribution in [0.5, 0.6) is 5.75 Å². The third-order valence-electron chi connectivity index (χ3n) is 5.95. The first-order valence-corrected chi connectivity index (χ1v) is 11.0. The predicted octanol–water partition coefficient (Wildman–Crippen LogP) is 3.43. The number of nitrogens with zero attached hydrogens (tertiary/aromatic N) is 4. The summed E-state index contributed by atoms with van der Waals surface area (Å²) in [4.78, 5) is 28.8. The van der Waals surface area contributed by atoms with E-state index in [0.29, 0.717) is 43.5 Å². The van der Waals surface area contributed by atoms with Gasteiger partial charge in [0, 0.05) is 37.9 Å². The lowest BCUT2D eigenvalue weighted by Crippen LogP contribution is -2.51. The average Bonchev–Trinajstić information content (AvgIpc) is 2.84. The Bertz CT molecular complexity index is 878. The maximum atomic E-state index is 13.0. The fourth-order valence-electron chi connectivity index (χ4n) is 4.14. The molecule has 3 amide bonds. The van der Waals surface area contributed by atoms with Gasteiger partial charge in [0.1, 0.15) is 5.75 Å². The van der Waals surface area contributed by atoms with Crippen molar-refractivity contribution in [2.45, 2.75) is 32.1 Å². The van der Waals surface area contributed by atoms with Crippen molar-refractivity contribution in [2.75, 3.05) is 38.1 Å². The first kappa shape index (κ1) is 21.1. The van der Waals surface area contributed by atoms with Gasteiger partial charge in [-0.2, -0.15) is 5.10 Å². The molecule has 2 aliphatic rings. The molecule has 1 aliphatic carbocycles. The zero-order valence-corrected chi connectivity index (χ0v) is 17.7. The second kappa shape index (κ2) is 10.2. The molecule has 0 unspecified atom stereocenters. The van der Waals surface area contributed by atoms with E-state index in [1.807, 2.05) is 24.3 Å². The van der Waals surface area contributed by atoms with E-state index in [9.17, 15) is 9.59 Å². The normalized spacial score (nSPS) is 17.3. The number of hydrogen-bond donors (Lipinski definition) is 1. The summed E-state index contributed by atoms with van der Waals surface area (Å²) < 4.78 is 5.99. The molecule has 1 aromatic carbocycles. The Kier molecular flexibility index (Phi) is 6.96. The molecular formula is C23H29N5O3. The number of nitrogens with one attached hydrogen (secondary N) is 1. The van der Waals surface area contributed by atoms with Crippen molar-refractivity contribution in [1.82, 2.24) is 20.0 Å². The number of carbonyl (C=O) groups excluding carboxylic acids is 2. The highest BCUT2D eigenvalue weighted by atomic mass is 16.5. The zero-order chi connectivity index (χ0) is 21.5. The molecule has 0 radical (unpaired) electrons. The van der Waals surface area contributed by atoms with Crippen LogP contribution in [0.1, 0.15) is 42.5 Å². The van der Waals surface area contributed by atoms with E-state index in [1.54, 1.807) is 28.1 Å². The number of urea groups is 1. The van der Waals surface area contributed by atoms with Gasteiger partial charge in [-0.15, -0.1) is 5.10 Å². The van der Waals surface area contributed by atoms with Crippen LogP contribution < -0.4 is 10.1 Å². The number of anilines is 1. The van der Waals surface area contributed by atoms with Crippen LogP contribution >= 0.6 is 0 Å². The van der Waals surface area contributed by atoms with Crippen LogP contribution in [0.4, 0.5) is 10.6 Å². The van der Waals surface area contributed by atoms with Gasteiger partial charge in [0.2, 0.25) is 0 Å². The van der Waals surface area contributed by atoms with E-state index >= 15 is 0 Å². The summed E-state index contributed by atoms with van der Waals surface area (Å²) in [6.45, 7) is 2.63. The number of rotatable bonds is 5. The lowest BCUT2D eigenvalue weighted by molar-refractivity contribution is 0.0671. The average molecular weight is 424 g/mol. The van der Waals surface area contributed by atoms with E-state index in [-0.39, 0.29) is 11.9 Å². The maximum Gasteiger partial charge on any atom is 0.323 e. The summed E-state index contributed by atoms with van der Waals surface area (Å²) in [5.74, 6) is 1.75. The Morgan fingerprint density at radius 2 is 1.77 bits per heavy atom. The zero-order valence-electron chi connectivity index (χ0n) is 17.7. The molecule has 2 fully saturated rings. The molecule has 0 bridgehead atoms. The number of carbonyl (C=O) groups is 2. The van der Waals surface area contributed by atoms with E-state index in [0.717, 1.165) is 12.4 Å². The molecule has 8 heteroatoms. The van der Waals surface area contributed by atoms with E-state index in [2.05, 4.69) is 15.5 Å². The molecule has 0 spiro atoms. The Labute approximate surface area is 182 Å². The van der Waals surface area contributed by atoms with Crippen LogP contribution in [0.25, 0.3) is 0 Å². The summed E-state index contributed by atoms with van der Waals surface area (Å²) in [5, 5.41) is 10.3. The van der Waals surface area contributed by atoms with Gasteiger partial charge in [-0.25, -0.2) is 4.79 Å². The Balaban J connectivity index is 1.27. The Morgan fingerprint density at radius 3 is 2.52 bits per heavy atom. The van der Waals surface area contributed by atoms with Crippen molar-refractivity contribution in [3.63, 3.8) is 0 Å². The number of amides is 3. The van der Waals surface area contributed by atoms with E-state index < -0.39 is 0 Å². The van der Waals surface area contributed by atoms with Crippen LogP contribution in [0.15, 0.2) is 42.6 Å². The van der Waals surface area contributed by atoms with E-state index in [1.165, 1.54) is 32.1 Å². The van der Waals surface area contributed by atoms with Crippen LogP contribution in [0.2, 0.25) is 0 Å². The summed E-state index contributed by atoms with van der Waals surface area (Å²) in [6.07, 6.45) is 7.91. The van der Waals surface area contributed by atoms with Crippen molar-refractivity contribution in [1.29, 1.82) is 0 Å². The topological polar surface area (TPSA) is 87.7 Å². The van der Waals surface area contributed by atoms with Gasteiger partial charge in [0.25, 0.3) is 5.91 Å². The largest absolute Gasteiger partial charge is 0.493 e.